The van der Waals surface area contributed by atoms with Crippen molar-refractivity contribution in [2.75, 3.05) is 11.9 Å². The van der Waals surface area contributed by atoms with E-state index in [2.05, 4.69) is 16.9 Å². The lowest BCUT2D eigenvalue weighted by Gasteiger charge is -2.04. The van der Waals surface area contributed by atoms with Crippen molar-refractivity contribution in [2.24, 2.45) is 0 Å². The van der Waals surface area contributed by atoms with Gasteiger partial charge in [-0.05, 0) is 19.1 Å². The van der Waals surface area contributed by atoms with Crippen LogP contribution in [0.4, 0.5) is 5.69 Å². The van der Waals surface area contributed by atoms with Crippen molar-refractivity contribution in [3.05, 3.63) is 36.7 Å². The Hall–Kier alpha value is -1.31. The Morgan fingerprint density at radius 3 is 3.18 bits per heavy atom. The number of hydrogen-bond donors (Lipinski definition) is 1. The molecule has 58 valence electrons. The number of nitrogens with one attached hydrogen (secondary N) is 1. The van der Waals surface area contributed by atoms with Crippen LogP contribution in [0.2, 0.25) is 0 Å². The van der Waals surface area contributed by atoms with Gasteiger partial charge >= 0.3 is 0 Å². The van der Waals surface area contributed by atoms with Gasteiger partial charge in [0.2, 0.25) is 0 Å². The normalized spacial score (nSPS) is 9.18. The Kier molecular flexibility index (Phi) is 2.66. The zero-order valence-corrected chi connectivity index (χ0v) is 6.67. The first-order chi connectivity index (χ1) is 5.34. The van der Waals surface area contributed by atoms with Gasteiger partial charge in [0.25, 0.3) is 0 Å². The predicted molar refractivity (Wildman–Crippen MR) is 47.7 cm³/mol. The lowest BCUT2D eigenvalue weighted by Crippen LogP contribution is -2.00. The van der Waals surface area contributed by atoms with Gasteiger partial charge in [0.05, 0.1) is 11.4 Å². The fourth-order valence-electron chi connectivity index (χ4n) is 0.853. The number of nitrogens with zero attached hydrogens (tertiary/aromatic N) is 1. The molecule has 0 aliphatic rings. The van der Waals surface area contributed by atoms with Crippen molar-refractivity contribution in [3.8, 4) is 0 Å². The molecule has 1 heterocycles. The molecule has 0 aromatic carbocycles. The first kappa shape index (κ1) is 7.79. The third kappa shape index (κ3) is 2.08. The molecule has 0 saturated carbocycles. The van der Waals surface area contributed by atoms with Gasteiger partial charge < -0.3 is 5.32 Å². The highest BCUT2D eigenvalue weighted by atomic mass is 14.9. The molecular weight excluding hydrogens is 136 g/mol. The minimum absolute atomic E-state index is 0.784. The Morgan fingerprint density at radius 1 is 1.73 bits per heavy atom. The number of aryl methyl sites for hydroxylation is 1. The van der Waals surface area contributed by atoms with Gasteiger partial charge in [0, 0.05) is 12.7 Å². The smallest absolute Gasteiger partial charge is 0.0603 e. The topological polar surface area (TPSA) is 24.9 Å². The Morgan fingerprint density at radius 2 is 2.55 bits per heavy atom. The van der Waals surface area contributed by atoms with E-state index in [0.29, 0.717) is 0 Å². The first-order valence-electron chi connectivity index (χ1n) is 3.61. The van der Waals surface area contributed by atoms with Gasteiger partial charge in [-0.1, -0.05) is 6.08 Å². The molecule has 0 fully saturated rings. The summed E-state index contributed by atoms with van der Waals surface area (Å²) in [6, 6.07) is 3.92. The van der Waals surface area contributed by atoms with Crippen molar-refractivity contribution < 1.29 is 0 Å². The van der Waals surface area contributed by atoms with Gasteiger partial charge in [-0.2, -0.15) is 0 Å². The van der Waals surface area contributed by atoms with Crippen LogP contribution in [0.25, 0.3) is 0 Å². The summed E-state index contributed by atoms with van der Waals surface area (Å²) in [5, 5.41) is 3.18. The summed E-state index contributed by atoms with van der Waals surface area (Å²) in [7, 11) is 0. The van der Waals surface area contributed by atoms with Crippen molar-refractivity contribution >= 4 is 5.69 Å². The van der Waals surface area contributed by atoms with Crippen LogP contribution in [-0.2, 0) is 0 Å². The molecule has 0 radical (unpaired) electrons. The molecule has 1 rings (SSSR count). The maximum atomic E-state index is 4.14. The number of aromatic nitrogens is 1. The fourth-order valence-corrected chi connectivity index (χ4v) is 0.853. The molecule has 1 N–H and O–H groups in total. The average Bonchev–Trinajstić information content (AvgIpc) is 2.03. The summed E-state index contributed by atoms with van der Waals surface area (Å²) in [5.41, 5.74) is 2.10. The van der Waals surface area contributed by atoms with Crippen LogP contribution in [0, 0.1) is 6.92 Å². The fraction of sp³-hybridized carbons (Fsp3) is 0.222. The highest BCUT2D eigenvalue weighted by Gasteiger charge is 1.92. The highest BCUT2D eigenvalue weighted by molar-refractivity contribution is 5.46. The monoisotopic (exact) mass is 148 g/mol. The highest BCUT2D eigenvalue weighted by Crippen LogP contribution is 2.08. The Labute approximate surface area is 67.0 Å². The lowest BCUT2D eigenvalue weighted by atomic mass is 10.3. The van der Waals surface area contributed by atoms with E-state index >= 15 is 0 Å². The van der Waals surface area contributed by atoms with Crippen molar-refractivity contribution in [2.45, 2.75) is 6.92 Å². The van der Waals surface area contributed by atoms with E-state index in [-0.39, 0.29) is 0 Å². The number of rotatable bonds is 3. The van der Waals surface area contributed by atoms with E-state index in [1.54, 1.807) is 6.20 Å². The standard InChI is InChI=1S/C9H12N2/c1-3-6-11-9-5-4-7-10-8(9)2/h3-5,7,11H,1,6H2,2H3. The molecule has 0 spiro atoms. The van der Waals surface area contributed by atoms with Crippen LogP contribution in [0.5, 0.6) is 0 Å². The molecule has 0 aliphatic carbocycles. The molecule has 2 nitrogen and oxygen atoms in total. The van der Waals surface area contributed by atoms with Gasteiger partial charge in [-0.15, -0.1) is 6.58 Å². The van der Waals surface area contributed by atoms with Gasteiger partial charge in [-0.25, -0.2) is 0 Å². The summed E-state index contributed by atoms with van der Waals surface area (Å²) in [6.45, 7) is 6.38. The second-order valence-corrected chi connectivity index (χ2v) is 2.31. The molecule has 0 unspecified atom stereocenters. The predicted octanol–water partition coefficient (Wildman–Crippen LogP) is 1.99. The summed E-state index contributed by atoms with van der Waals surface area (Å²) >= 11 is 0. The number of pyridine rings is 1. The number of hydrogen-bond acceptors (Lipinski definition) is 2. The van der Waals surface area contributed by atoms with E-state index in [1.165, 1.54) is 0 Å². The quantitative estimate of drug-likeness (QED) is 0.663. The van der Waals surface area contributed by atoms with E-state index in [9.17, 15) is 0 Å². The van der Waals surface area contributed by atoms with Gasteiger partial charge in [0.1, 0.15) is 0 Å². The molecule has 2 heteroatoms. The minimum Gasteiger partial charge on any atom is -0.380 e. The lowest BCUT2D eigenvalue weighted by molar-refractivity contribution is 1.18. The van der Waals surface area contributed by atoms with Crippen LogP contribution >= 0.6 is 0 Å². The molecule has 0 aliphatic heterocycles. The average molecular weight is 148 g/mol. The van der Waals surface area contributed by atoms with E-state index < -0.39 is 0 Å². The molecule has 0 amide bonds. The van der Waals surface area contributed by atoms with Crippen LogP contribution in [0.3, 0.4) is 0 Å². The molecule has 1 aromatic heterocycles. The largest absolute Gasteiger partial charge is 0.380 e. The van der Waals surface area contributed by atoms with E-state index in [1.807, 2.05) is 25.1 Å². The summed E-state index contributed by atoms with van der Waals surface area (Å²) < 4.78 is 0. The van der Waals surface area contributed by atoms with Crippen molar-refractivity contribution in [1.29, 1.82) is 0 Å². The molecule has 0 saturated heterocycles. The third-order valence-corrected chi connectivity index (χ3v) is 1.44. The second-order valence-electron chi connectivity index (χ2n) is 2.31. The van der Waals surface area contributed by atoms with Crippen LogP contribution in [0.15, 0.2) is 31.0 Å². The van der Waals surface area contributed by atoms with Crippen LogP contribution in [-0.4, -0.2) is 11.5 Å². The summed E-state index contributed by atoms with van der Waals surface area (Å²) in [6.07, 6.45) is 3.61. The molecule has 11 heavy (non-hydrogen) atoms. The molecule has 0 bridgehead atoms. The first-order valence-corrected chi connectivity index (χ1v) is 3.61. The van der Waals surface area contributed by atoms with E-state index in [4.69, 9.17) is 0 Å². The van der Waals surface area contributed by atoms with Crippen molar-refractivity contribution in [1.82, 2.24) is 4.98 Å². The summed E-state index contributed by atoms with van der Waals surface area (Å²) in [5.74, 6) is 0. The minimum atomic E-state index is 0.784. The zero-order chi connectivity index (χ0) is 8.10. The number of anilines is 1. The zero-order valence-electron chi connectivity index (χ0n) is 6.67. The Balaban J connectivity index is 2.69. The maximum absolute atomic E-state index is 4.14. The van der Waals surface area contributed by atoms with Crippen LogP contribution < -0.4 is 5.32 Å². The Bertz CT molecular complexity index is 243. The SMILES string of the molecule is C=CCNc1cccnc1C. The van der Waals surface area contributed by atoms with Crippen molar-refractivity contribution in [3.63, 3.8) is 0 Å². The van der Waals surface area contributed by atoms with E-state index in [0.717, 1.165) is 17.9 Å². The van der Waals surface area contributed by atoms with Gasteiger partial charge in [-0.3, -0.25) is 4.98 Å². The second kappa shape index (κ2) is 3.76. The maximum Gasteiger partial charge on any atom is 0.0603 e. The molecule has 1 aromatic rings. The molecule has 0 atom stereocenters. The molecular formula is C9H12N2. The van der Waals surface area contributed by atoms with Crippen LogP contribution in [0.1, 0.15) is 5.69 Å². The van der Waals surface area contributed by atoms with Gasteiger partial charge in [0.15, 0.2) is 0 Å². The summed E-state index contributed by atoms with van der Waals surface area (Å²) in [4.78, 5) is 4.14. The third-order valence-electron chi connectivity index (χ3n) is 1.44.